The van der Waals surface area contributed by atoms with Gasteiger partial charge in [-0.05, 0) is 44.9 Å². The number of rotatable bonds is 5. The Morgan fingerprint density at radius 1 is 1.25 bits per heavy atom. The van der Waals surface area contributed by atoms with Crippen LogP contribution < -0.4 is 15.6 Å². The van der Waals surface area contributed by atoms with Gasteiger partial charge in [0, 0.05) is 0 Å². The lowest BCUT2D eigenvalue weighted by atomic mass is 10.1. The molecule has 1 atom stereocenters. The third kappa shape index (κ3) is 5.48. The molecule has 0 saturated carbocycles. The fraction of sp³-hybridized carbons (Fsp3) is 0.533. The largest absolute Gasteiger partial charge is 0.497 e. The quantitative estimate of drug-likeness (QED) is 0.813. The Hall–Kier alpha value is -1.75. The molecule has 5 heteroatoms. The van der Waals surface area contributed by atoms with Crippen LogP contribution in [0, 0.1) is 0 Å². The van der Waals surface area contributed by atoms with Crippen LogP contribution in [0.4, 0.5) is 4.79 Å². The van der Waals surface area contributed by atoms with Gasteiger partial charge in [-0.3, -0.25) is 5.43 Å². The van der Waals surface area contributed by atoms with E-state index >= 15 is 0 Å². The Balaban J connectivity index is 2.56. The minimum Gasteiger partial charge on any atom is -0.497 e. The fourth-order valence-electron chi connectivity index (χ4n) is 1.71. The molecule has 0 radical (unpaired) electrons. The maximum atomic E-state index is 11.6. The van der Waals surface area contributed by atoms with Crippen molar-refractivity contribution in [2.24, 2.45) is 0 Å². The van der Waals surface area contributed by atoms with Crippen LogP contribution in [0.1, 0.15) is 45.7 Å². The Bertz CT molecular complexity index is 424. The molecule has 0 spiro atoms. The topological polar surface area (TPSA) is 59.6 Å². The molecule has 1 aromatic rings. The van der Waals surface area contributed by atoms with Crippen LogP contribution in [0.5, 0.6) is 5.75 Å². The number of amides is 1. The van der Waals surface area contributed by atoms with Crippen LogP contribution in [0.2, 0.25) is 0 Å². The van der Waals surface area contributed by atoms with Gasteiger partial charge < -0.3 is 9.47 Å². The highest BCUT2D eigenvalue weighted by atomic mass is 16.6. The number of hydrogen-bond donors (Lipinski definition) is 2. The van der Waals surface area contributed by atoms with Crippen molar-refractivity contribution in [3.05, 3.63) is 29.8 Å². The number of nitrogens with one attached hydrogen (secondary N) is 2. The number of hydrogen-bond acceptors (Lipinski definition) is 4. The predicted octanol–water partition coefficient (Wildman–Crippen LogP) is 3.18. The molecule has 0 aliphatic rings. The van der Waals surface area contributed by atoms with Crippen molar-refractivity contribution < 1.29 is 14.3 Å². The van der Waals surface area contributed by atoms with Crippen molar-refractivity contribution in [2.45, 2.75) is 45.8 Å². The maximum absolute atomic E-state index is 11.6. The van der Waals surface area contributed by atoms with Crippen molar-refractivity contribution in [3.63, 3.8) is 0 Å². The van der Waals surface area contributed by atoms with E-state index in [1.807, 2.05) is 52.0 Å². The molecule has 0 bridgehead atoms. The summed E-state index contributed by atoms with van der Waals surface area (Å²) in [5, 5.41) is 0. The highest BCUT2D eigenvalue weighted by Crippen LogP contribution is 2.19. The Labute approximate surface area is 120 Å². The molecular weight excluding hydrogens is 256 g/mol. The Morgan fingerprint density at radius 3 is 2.30 bits per heavy atom. The second kappa shape index (κ2) is 7.14. The zero-order valence-corrected chi connectivity index (χ0v) is 12.8. The molecule has 20 heavy (non-hydrogen) atoms. The number of benzene rings is 1. The molecule has 112 valence electrons. The number of carbonyl (C=O) groups is 1. The summed E-state index contributed by atoms with van der Waals surface area (Å²) in [7, 11) is 1.63. The lowest BCUT2D eigenvalue weighted by Gasteiger charge is -2.22. The fourth-order valence-corrected chi connectivity index (χ4v) is 1.71. The average molecular weight is 280 g/mol. The summed E-state index contributed by atoms with van der Waals surface area (Å²) in [4.78, 5) is 11.6. The summed E-state index contributed by atoms with van der Waals surface area (Å²) < 4.78 is 10.3. The molecule has 2 N–H and O–H groups in total. The minimum atomic E-state index is -0.506. The van der Waals surface area contributed by atoms with Gasteiger partial charge >= 0.3 is 6.09 Å². The van der Waals surface area contributed by atoms with E-state index in [-0.39, 0.29) is 6.04 Å². The van der Waals surface area contributed by atoms with Crippen LogP contribution in [0.15, 0.2) is 24.3 Å². The summed E-state index contributed by atoms with van der Waals surface area (Å²) in [6.45, 7) is 7.52. The first-order valence-electron chi connectivity index (χ1n) is 6.74. The number of methoxy groups -OCH3 is 1. The Morgan fingerprint density at radius 2 is 1.85 bits per heavy atom. The van der Waals surface area contributed by atoms with Crippen LogP contribution in [0.25, 0.3) is 0 Å². The molecule has 0 heterocycles. The van der Waals surface area contributed by atoms with Crippen molar-refractivity contribution in [1.29, 1.82) is 0 Å². The minimum absolute atomic E-state index is 0.0217. The molecule has 0 aliphatic carbocycles. The third-order valence-electron chi connectivity index (χ3n) is 2.67. The summed E-state index contributed by atoms with van der Waals surface area (Å²) in [6.07, 6.45) is 0.353. The molecule has 5 nitrogen and oxygen atoms in total. The molecular formula is C15H24N2O3. The van der Waals surface area contributed by atoms with Gasteiger partial charge in [0.05, 0.1) is 13.2 Å². The van der Waals surface area contributed by atoms with E-state index in [4.69, 9.17) is 9.47 Å². The summed E-state index contributed by atoms with van der Waals surface area (Å²) in [6, 6.07) is 7.75. The standard InChI is InChI=1S/C15H24N2O3/c1-6-13(11-7-9-12(19-5)10-8-11)16-17-14(18)20-15(2,3)4/h7-10,13,16H,6H2,1-5H3,(H,17,18). The van der Waals surface area contributed by atoms with Gasteiger partial charge in [0.2, 0.25) is 0 Å². The number of ether oxygens (including phenoxy) is 2. The normalized spacial score (nSPS) is 12.7. The smallest absolute Gasteiger partial charge is 0.422 e. The van der Waals surface area contributed by atoms with Gasteiger partial charge in [0.15, 0.2) is 0 Å². The van der Waals surface area contributed by atoms with E-state index in [9.17, 15) is 4.79 Å². The molecule has 1 unspecified atom stereocenters. The summed E-state index contributed by atoms with van der Waals surface area (Å²) in [5.74, 6) is 0.809. The Kier molecular flexibility index (Phi) is 5.82. The molecule has 1 amide bonds. The van der Waals surface area contributed by atoms with Crippen molar-refractivity contribution >= 4 is 6.09 Å². The first-order valence-corrected chi connectivity index (χ1v) is 6.74. The first kappa shape index (κ1) is 16.3. The van der Waals surface area contributed by atoms with Gasteiger partial charge in [-0.2, -0.15) is 0 Å². The monoisotopic (exact) mass is 280 g/mol. The second-order valence-corrected chi connectivity index (χ2v) is 5.51. The van der Waals surface area contributed by atoms with Gasteiger partial charge in [-0.15, -0.1) is 0 Å². The van der Waals surface area contributed by atoms with E-state index in [0.717, 1.165) is 17.7 Å². The van der Waals surface area contributed by atoms with Gasteiger partial charge in [-0.25, -0.2) is 10.2 Å². The second-order valence-electron chi connectivity index (χ2n) is 5.51. The number of hydrazine groups is 1. The van der Waals surface area contributed by atoms with Crippen LogP contribution in [0.3, 0.4) is 0 Å². The van der Waals surface area contributed by atoms with E-state index in [0.29, 0.717) is 0 Å². The van der Waals surface area contributed by atoms with E-state index < -0.39 is 11.7 Å². The van der Waals surface area contributed by atoms with Crippen molar-refractivity contribution in [2.75, 3.05) is 7.11 Å². The zero-order chi connectivity index (χ0) is 15.2. The lowest BCUT2D eigenvalue weighted by molar-refractivity contribution is 0.0487. The van der Waals surface area contributed by atoms with E-state index in [2.05, 4.69) is 10.9 Å². The van der Waals surface area contributed by atoms with Crippen LogP contribution in [-0.4, -0.2) is 18.8 Å². The van der Waals surface area contributed by atoms with Gasteiger partial charge in [0.25, 0.3) is 0 Å². The molecule has 0 saturated heterocycles. The van der Waals surface area contributed by atoms with Crippen molar-refractivity contribution in [1.82, 2.24) is 10.9 Å². The average Bonchev–Trinajstić information content (AvgIpc) is 2.38. The van der Waals surface area contributed by atoms with Gasteiger partial charge in [0.1, 0.15) is 11.4 Å². The van der Waals surface area contributed by atoms with Crippen LogP contribution in [-0.2, 0) is 4.74 Å². The first-order chi connectivity index (χ1) is 9.35. The lowest BCUT2D eigenvalue weighted by Crippen LogP contribution is -2.42. The van der Waals surface area contributed by atoms with E-state index in [1.54, 1.807) is 7.11 Å². The SMILES string of the molecule is CCC(NNC(=O)OC(C)(C)C)c1ccc(OC)cc1. The number of carbonyl (C=O) groups excluding carboxylic acids is 1. The third-order valence-corrected chi connectivity index (χ3v) is 2.67. The van der Waals surface area contributed by atoms with E-state index in [1.165, 1.54) is 0 Å². The zero-order valence-electron chi connectivity index (χ0n) is 12.8. The highest BCUT2D eigenvalue weighted by Gasteiger charge is 2.17. The van der Waals surface area contributed by atoms with Gasteiger partial charge in [-0.1, -0.05) is 19.1 Å². The van der Waals surface area contributed by atoms with Crippen LogP contribution >= 0.6 is 0 Å². The van der Waals surface area contributed by atoms with Crippen molar-refractivity contribution in [3.8, 4) is 5.75 Å². The molecule has 0 aliphatic heterocycles. The summed E-state index contributed by atoms with van der Waals surface area (Å²) >= 11 is 0. The molecule has 1 rings (SSSR count). The highest BCUT2D eigenvalue weighted by molar-refractivity contribution is 5.67. The molecule has 1 aromatic carbocycles. The molecule has 0 aromatic heterocycles. The summed E-state index contributed by atoms with van der Waals surface area (Å²) in [5.41, 5.74) is 6.12. The predicted molar refractivity (Wildman–Crippen MR) is 78.5 cm³/mol. The molecule has 0 fully saturated rings. The maximum Gasteiger partial charge on any atom is 0.422 e.